The number of benzene rings is 1. The summed E-state index contributed by atoms with van der Waals surface area (Å²) in [5.41, 5.74) is -0.134. The molecule has 0 bridgehead atoms. The smallest absolute Gasteiger partial charge is 0.269 e. The van der Waals surface area contributed by atoms with Gasteiger partial charge in [-0.3, -0.25) is 15.0 Å². The van der Waals surface area contributed by atoms with Gasteiger partial charge in [0.2, 0.25) is 10.0 Å². The van der Waals surface area contributed by atoms with Crippen molar-refractivity contribution in [3.8, 4) is 0 Å². The first-order valence-corrected chi connectivity index (χ1v) is 9.84. The van der Waals surface area contributed by atoms with Crippen molar-refractivity contribution in [2.45, 2.75) is 31.2 Å². The Morgan fingerprint density at radius 3 is 2.36 bits per heavy atom. The molecule has 0 aromatic heterocycles. The molecule has 2 rings (SSSR count). The Balaban J connectivity index is 2.05. The lowest BCUT2D eigenvalue weighted by Gasteiger charge is -2.35. The number of nitro benzene ring substituents is 1. The Hall–Kier alpha value is -1.55. The molecule has 1 fully saturated rings. The molecule has 0 radical (unpaired) electrons. The van der Waals surface area contributed by atoms with Gasteiger partial charge < -0.3 is 4.74 Å². The molecule has 140 valence electrons. The second kappa shape index (κ2) is 8.70. The molecule has 0 amide bonds. The average molecular weight is 371 g/mol. The maximum Gasteiger partial charge on any atom is 0.269 e. The highest BCUT2D eigenvalue weighted by molar-refractivity contribution is 7.89. The third-order valence-corrected chi connectivity index (χ3v) is 5.61. The lowest BCUT2D eigenvalue weighted by molar-refractivity contribution is -0.384. The van der Waals surface area contributed by atoms with Gasteiger partial charge in [0.15, 0.2) is 0 Å². The third-order valence-electron chi connectivity index (χ3n) is 4.17. The van der Waals surface area contributed by atoms with Crippen LogP contribution in [-0.4, -0.2) is 57.1 Å². The van der Waals surface area contributed by atoms with Crippen LogP contribution in [0, 0.1) is 16.0 Å². The zero-order valence-electron chi connectivity index (χ0n) is 14.6. The van der Waals surface area contributed by atoms with Gasteiger partial charge in [0.1, 0.15) is 0 Å². The average Bonchev–Trinajstić information content (AvgIpc) is 2.59. The Kier molecular flexibility index (Phi) is 6.88. The molecular formula is C16H25N3O5S. The van der Waals surface area contributed by atoms with Crippen molar-refractivity contribution in [2.24, 2.45) is 5.92 Å². The molecule has 8 nitrogen and oxygen atoms in total. The highest BCUT2D eigenvalue weighted by Gasteiger charge is 2.24. The standard InChI is InChI=1S/C16H25N3O5S/c1-13(2)11-15(18-7-9-24-10-8-18)12-17-25(22,23)16-5-3-14(4-6-16)19(20)21/h3-6,13,15,17H,7-12H2,1-2H3. The van der Waals surface area contributed by atoms with Crippen molar-refractivity contribution in [3.05, 3.63) is 34.4 Å². The molecule has 9 heteroatoms. The molecular weight excluding hydrogens is 346 g/mol. The van der Waals surface area contributed by atoms with E-state index in [4.69, 9.17) is 4.74 Å². The van der Waals surface area contributed by atoms with Crippen molar-refractivity contribution in [3.63, 3.8) is 0 Å². The van der Waals surface area contributed by atoms with Gasteiger partial charge in [0.25, 0.3) is 5.69 Å². The zero-order chi connectivity index (χ0) is 18.4. The quantitative estimate of drug-likeness (QED) is 0.550. The fourth-order valence-corrected chi connectivity index (χ4v) is 3.96. The minimum atomic E-state index is -3.70. The van der Waals surface area contributed by atoms with Gasteiger partial charge in [-0.2, -0.15) is 0 Å². The van der Waals surface area contributed by atoms with Crippen LogP contribution < -0.4 is 4.72 Å². The predicted molar refractivity (Wildman–Crippen MR) is 93.9 cm³/mol. The maximum absolute atomic E-state index is 12.5. The Morgan fingerprint density at radius 2 is 1.84 bits per heavy atom. The van der Waals surface area contributed by atoms with Gasteiger partial charge in [0, 0.05) is 37.8 Å². The first-order valence-electron chi connectivity index (χ1n) is 8.35. The molecule has 1 unspecified atom stereocenters. The summed E-state index contributed by atoms with van der Waals surface area (Å²) in [6, 6.07) is 5.00. The van der Waals surface area contributed by atoms with Gasteiger partial charge in [0.05, 0.1) is 23.0 Å². The summed E-state index contributed by atoms with van der Waals surface area (Å²) in [4.78, 5) is 12.4. The molecule has 1 heterocycles. The number of nitrogens with zero attached hydrogens (tertiary/aromatic N) is 2. The number of morpholine rings is 1. The second-order valence-corrected chi connectivity index (χ2v) is 8.30. The number of hydrogen-bond donors (Lipinski definition) is 1. The number of nitro groups is 1. The maximum atomic E-state index is 12.5. The van der Waals surface area contributed by atoms with E-state index in [2.05, 4.69) is 23.5 Å². The van der Waals surface area contributed by atoms with Crippen LogP contribution in [-0.2, 0) is 14.8 Å². The Bertz CT molecular complexity index is 670. The van der Waals surface area contributed by atoms with E-state index in [1.807, 2.05) is 0 Å². The van der Waals surface area contributed by atoms with E-state index in [0.29, 0.717) is 25.7 Å². The summed E-state index contributed by atoms with van der Waals surface area (Å²) in [5, 5.41) is 10.7. The van der Waals surface area contributed by atoms with Crippen molar-refractivity contribution < 1.29 is 18.1 Å². The minimum absolute atomic E-state index is 0.0309. The van der Waals surface area contributed by atoms with Gasteiger partial charge in [-0.15, -0.1) is 0 Å². The third kappa shape index (κ3) is 5.74. The number of ether oxygens (including phenoxy) is 1. The summed E-state index contributed by atoms with van der Waals surface area (Å²) >= 11 is 0. The molecule has 1 aliphatic rings. The van der Waals surface area contributed by atoms with Crippen LogP contribution in [0.2, 0.25) is 0 Å². The molecule has 1 N–H and O–H groups in total. The van der Waals surface area contributed by atoms with Crippen LogP contribution in [0.3, 0.4) is 0 Å². The molecule has 1 aromatic carbocycles. The lowest BCUT2D eigenvalue weighted by Crippen LogP contribution is -2.49. The molecule has 25 heavy (non-hydrogen) atoms. The van der Waals surface area contributed by atoms with E-state index in [0.717, 1.165) is 19.5 Å². The van der Waals surface area contributed by atoms with Crippen molar-refractivity contribution in [2.75, 3.05) is 32.8 Å². The van der Waals surface area contributed by atoms with Gasteiger partial charge >= 0.3 is 0 Å². The Morgan fingerprint density at radius 1 is 1.24 bits per heavy atom. The van der Waals surface area contributed by atoms with E-state index in [-0.39, 0.29) is 16.6 Å². The summed E-state index contributed by atoms with van der Waals surface area (Å²) in [7, 11) is -3.70. The van der Waals surface area contributed by atoms with E-state index in [1.54, 1.807) is 0 Å². The Labute approximate surface area is 148 Å². The van der Waals surface area contributed by atoms with E-state index in [1.165, 1.54) is 24.3 Å². The number of non-ortho nitro benzene ring substituents is 1. The van der Waals surface area contributed by atoms with Gasteiger partial charge in [-0.1, -0.05) is 13.8 Å². The van der Waals surface area contributed by atoms with E-state index < -0.39 is 14.9 Å². The summed E-state index contributed by atoms with van der Waals surface area (Å²) < 4.78 is 32.9. The van der Waals surface area contributed by atoms with Crippen molar-refractivity contribution in [1.82, 2.24) is 9.62 Å². The van der Waals surface area contributed by atoms with Crippen molar-refractivity contribution in [1.29, 1.82) is 0 Å². The zero-order valence-corrected chi connectivity index (χ0v) is 15.4. The predicted octanol–water partition coefficient (Wildman–Crippen LogP) is 1.62. The number of nitrogens with one attached hydrogen (secondary N) is 1. The summed E-state index contributed by atoms with van der Waals surface area (Å²) in [6.45, 7) is 7.41. The first-order chi connectivity index (χ1) is 11.8. The van der Waals surface area contributed by atoms with Crippen LogP contribution in [0.1, 0.15) is 20.3 Å². The van der Waals surface area contributed by atoms with Crippen LogP contribution in [0.25, 0.3) is 0 Å². The molecule has 0 aliphatic carbocycles. The molecule has 1 aromatic rings. The molecule has 1 atom stereocenters. The highest BCUT2D eigenvalue weighted by Crippen LogP contribution is 2.17. The molecule has 0 saturated carbocycles. The van der Waals surface area contributed by atoms with Crippen LogP contribution in [0.15, 0.2) is 29.2 Å². The number of rotatable bonds is 8. The fraction of sp³-hybridized carbons (Fsp3) is 0.625. The number of sulfonamides is 1. The van der Waals surface area contributed by atoms with E-state index in [9.17, 15) is 18.5 Å². The largest absolute Gasteiger partial charge is 0.379 e. The summed E-state index contributed by atoms with van der Waals surface area (Å²) in [5.74, 6) is 0.441. The SMILES string of the molecule is CC(C)CC(CNS(=O)(=O)c1ccc([N+](=O)[O-])cc1)N1CCOCC1. The first kappa shape index (κ1) is 19.8. The van der Waals surface area contributed by atoms with Crippen LogP contribution >= 0.6 is 0 Å². The highest BCUT2D eigenvalue weighted by atomic mass is 32.2. The second-order valence-electron chi connectivity index (χ2n) is 6.53. The number of hydrogen-bond acceptors (Lipinski definition) is 6. The van der Waals surface area contributed by atoms with Crippen LogP contribution in [0.4, 0.5) is 5.69 Å². The van der Waals surface area contributed by atoms with Crippen LogP contribution in [0.5, 0.6) is 0 Å². The van der Waals surface area contributed by atoms with Crippen molar-refractivity contribution >= 4 is 15.7 Å². The molecule has 1 saturated heterocycles. The molecule has 1 aliphatic heterocycles. The van der Waals surface area contributed by atoms with Gasteiger partial charge in [-0.25, -0.2) is 13.1 Å². The summed E-state index contributed by atoms with van der Waals surface area (Å²) in [6.07, 6.45) is 0.878. The molecule has 0 spiro atoms. The van der Waals surface area contributed by atoms with Gasteiger partial charge in [-0.05, 0) is 24.5 Å². The normalized spacial score (nSPS) is 17.6. The fourth-order valence-electron chi connectivity index (χ4n) is 2.88. The monoisotopic (exact) mass is 371 g/mol. The van der Waals surface area contributed by atoms with E-state index >= 15 is 0 Å². The topological polar surface area (TPSA) is 102 Å². The lowest BCUT2D eigenvalue weighted by atomic mass is 10.0. The minimum Gasteiger partial charge on any atom is -0.379 e.